The Morgan fingerprint density at radius 1 is 1.25 bits per heavy atom. The average Bonchev–Trinajstić information content (AvgIpc) is 2.18. The van der Waals surface area contributed by atoms with Crippen molar-refractivity contribution in [1.29, 1.82) is 0 Å². The molecular formula is C11H10F4O. The zero-order chi connectivity index (χ0) is 12.0. The van der Waals surface area contributed by atoms with Gasteiger partial charge in [0.2, 0.25) is 0 Å². The van der Waals surface area contributed by atoms with Gasteiger partial charge >= 0.3 is 6.18 Å². The predicted octanol–water partition coefficient (Wildman–Crippen LogP) is 2.91. The Labute approximate surface area is 89.7 Å². The molecule has 0 bridgehead atoms. The molecule has 0 fully saturated rings. The highest BCUT2D eigenvalue weighted by molar-refractivity contribution is 5.37. The molecule has 1 nitrogen and oxygen atoms in total. The molecule has 1 aromatic carbocycles. The van der Waals surface area contributed by atoms with Crippen molar-refractivity contribution in [2.45, 2.75) is 31.0 Å². The lowest BCUT2D eigenvalue weighted by Crippen LogP contribution is -2.45. The minimum atomic E-state index is -4.77. The molecule has 2 rings (SSSR count). The van der Waals surface area contributed by atoms with Crippen LogP contribution in [-0.4, -0.2) is 11.3 Å². The SMILES string of the molecule is OC1(C(F)(F)F)CCCc2c(F)cccc21. The summed E-state index contributed by atoms with van der Waals surface area (Å²) < 4.78 is 51.6. The van der Waals surface area contributed by atoms with Crippen LogP contribution in [0.5, 0.6) is 0 Å². The van der Waals surface area contributed by atoms with E-state index >= 15 is 0 Å². The second-order valence-electron chi connectivity index (χ2n) is 3.98. The fraction of sp³-hybridized carbons (Fsp3) is 0.455. The topological polar surface area (TPSA) is 20.2 Å². The summed E-state index contributed by atoms with van der Waals surface area (Å²) in [5.74, 6) is -0.681. The Morgan fingerprint density at radius 2 is 1.94 bits per heavy atom. The molecule has 1 atom stereocenters. The van der Waals surface area contributed by atoms with Crippen molar-refractivity contribution in [3.8, 4) is 0 Å². The third kappa shape index (κ3) is 1.50. The summed E-state index contributed by atoms with van der Waals surface area (Å²) in [4.78, 5) is 0. The van der Waals surface area contributed by atoms with Crippen molar-refractivity contribution in [2.75, 3.05) is 0 Å². The molecular weight excluding hydrogens is 224 g/mol. The first-order valence-corrected chi connectivity index (χ1v) is 4.93. The van der Waals surface area contributed by atoms with Gasteiger partial charge < -0.3 is 5.11 Å². The molecule has 0 radical (unpaired) electrons. The first-order chi connectivity index (χ1) is 7.36. The summed E-state index contributed by atoms with van der Waals surface area (Å²) in [6, 6.07) is 3.45. The normalized spacial score (nSPS) is 25.3. The molecule has 5 heteroatoms. The van der Waals surface area contributed by atoms with E-state index in [0.717, 1.165) is 12.1 Å². The van der Waals surface area contributed by atoms with Gasteiger partial charge in [-0.1, -0.05) is 12.1 Å². The van der Waals surface area contributed by atoms with E-state index in [9.17, 15) is 22.7 Å². The molecule has 0 aliphatic heterocycles. The summed E-state index contributed by atoms with van der Waals surface area (Å²) in [6.45, 7) is 0. The van der Waals surface area contributed by atoms with Crippen LogP contribution in [0.15, 0.2) is 18.2 Å². The molecule has 1 aromatic rings. The van der Waals surface area contributed by atoms with Gasteiger partial charge in [0.15, 0.2) is 5.60 Å². The summed E-state index contributed by atoms with van der Waals surface area (Å²) in [6.07, 6.45) is -4.81. The fourth-order valence-electron chi connectivity index (χ4n) is 2.15. The third-order valence-electron chi connectivity index (χ3n) is 3.00. The molecule has 0 heterocycles. The zero-order valence-electron chi connectivity index (χ0n) is 8.31. The maximum Gasteiger partial charge on any atom is 0.421 e. The van der Waals surface area contributed by atoms with Crippen molar-refractivity contribution in [3.63, 3.8) is 0 Å². The van der Waals surface area contributed by atoms with Gasteiger partial charge in [-0.3, -0.25) is 0 Å². The highest BCUT2D eigenvalue weighted by Crippen LogP contribution is 2.46. The van der Waals surface area contributed by atoms with E-state index in [0.29, 0.717) is 0 Å². The molecule has 88 valence electrons. The summed E-state index contributed by atoms with van der Waals surface area (Å²) in [5, 5.41) is 9.69. The molecule has 1 aliphatic carbocycles. The number of alkyl halides is 3. The monoisotopic (exact) mass is 234 g/mol. The highest BCUT2D eigenvalue weighted by Gasteiger charge is 2.56. The van der Waals surface area contributed by atoms with Crippen molar-refractivity contribution >= 4 is 0 Å². The van der Waals surface area contributed by atoms with Crippen LogP contribution >= 0.6 is 0 Å². The average molecular weight is 234 g/mol. The van der Waals surface area contributed by atoms with E-state index in [2.05, 4.69) is 0 Å². The Balaban J connectivity index is 2.61. The van der Waals surface area contributed by atoms with Gasteiger partial charge in [0, 0.05) is 0 Å². The van der Waals surface area contributed by atoms with Crippen LogP contribution in [0.25, 0.3) is 0 Å². The summed E-state index contributed by atoms with van der Waals surface area (Å²) >= 11 is 0. The van der Waals surface area contributed by atoms with E-state index in [1.54, 1.807) is 0 Å². The molecule has 1 unspecified atom stereocenters. The molecule has 0 spiro atoms. The Morgan fingerprint density at radius 3 is 2.56 bits per heavy atom. The Bertz CT molecular complexity index is 413. The number of rotatable bonds is 0. The van der Waals surface area contributed by atoms with Crippen LogP contribution in [0.2, 0.25) is 0 Å². The molecule has 0 amide bonds. The second-order valence-corrected chi connectivity index (χ2v) is 3.98. The molecule has 0 aromatic heterocycles. The van der Waals surface area contributed by atoms with Crippen LogP contribution < -0.4 is 0 Å². The first-order valence-electron chi connectivity index (χ1n) is 4.93. The van der Waals surface area contributed by atoms with Crippen molar-refractivity contribution < 1.29 is 22.7 Å². The summed E-state index contributed by atoms with van der Waals surface area (Å²) in [5.41, 5.74) is -3.26. The van der Waals surface area contributed by atoms with Crippen LogP contribution in [0.3, 0.4) is 0 Å². The fourth-order valence-corrected chi connectivity index (χ4v) is 2.15. The first kappa shape index (κ1) is 11.4. The predicted molar refractivity (Wildman–Crippen MR) is 49.3 cm³/mol. The third-order valence-corrected chi connectivity index (χ3v) is 3.00. The Hall–Kier alpha value is -1.10. The van der Waals surface area contributed by atoms with Gasteiger partial charge in [-0.2, -0.15) is 13.2 Å². The lowest BCUT2D eigenvalue weighted by atomic mass is 9.78. The minimum absolute atomic E-state index is 0.0198. The lowest BCUT2D eigenvalue weighted by molar-refractivity contribution is -0.271. The van der Waals surface area contributed by atoms with Crippen LogP contribution in [-0.2, 0) is 12.0 Å². The molecule has 0 saturated heterocycles. The van der Waals surface area contributed by atoms with E-state index in [1.807, 2.05) is 0 Å². The number of hydrogen-bond acceptors (Lipinski definition) is 1. The number of fused-ring (bicyclic) bond motifs is 1. The van der Waals surface area contributed by atoms with Crippen molar-refractivity contribution in [1.82, 2.24) is 0 Å². The highest BCUT2D eigenvalue weighted by atomic mass is 19.4. The maximum absolute atomic E-state index is 13.3. The van der Waals surface area contributed by atoms with Crippen molar-refractivity contribution in [2.24, 2.45) is 0 Å². The van der Waals surface area contributed by atoms with Gasteiger partial charge in [-0.05, 0) is 36.5 Å². The second kappa shape index (κ2) is 3.45. The van der Waals surface area contributed by atoms with Crippen LogP contribution in [0.4, 0.5) is 17.6 Å². The van der Waals surface area contributed by atoms with Crippen LogP contribution in [0.1, 0.15) is 24.0 Å². The Kier molecular flexibility index (Phi) is 2.45. The van der Waals surface area contributed by atoms with Crippen LogP contribution in [0, 0.1) is 5.82 Å². The quantitative estimate of drug-likeness (QED) is 0.684. The largest absolute Gasteiger partial charge is 0.421 e. The number of hydrogen-bond donors (Lipinski definition) is 1. The van der Waals surface area contributed by atoms with E-state index in [1.165, 1.54) is 6.07 Å². The van der Waals surface area contributed by atoms with Gasteiger partial charge in [-0.25, -0.2) is 4.39 Å². The van der Waals surface area contributed by atoms with Gasteiger partial charge in [0.05, 0.1) is 0 Å². The number of halogens is 4. The molecule has 1 N–H and O–H groups in total. The van der Waals surface area contributed by atoms with Gasteiger partial charge in [-0.15, -0.1) is 0 Å². The van der Waals surface area contributed by atoms with Gasteiger partial charge in [0.25, 0.3) is 0 Å². The standard InChI is InChI=1S/C11H10F4O/c12-9-5-1-4-8-7(9)3-2-6-10(8,16)11(13,14)15/h1,4-5,16H,2-3,6H2. The van der Waals surface area contributed by atoms with Gasteiger partial charge in [0.1, 0.15) is 5.82 Å². The van der Waals surface area contributed by atoms with E-state index in [4.69, 9.17) is 0 Å². The molecule has 1 aliphatic rings. The van der Waals surface area contributed by atoms with E-state index in [-0.39, 0.29) is 24.0 Å². The maximum atomic E-state index is 13.3. The van der Waals surface area contributed by atoms with Crippen molar-refractivity contribution in [3.05, 3.63) is 35.1 Å². The molecule has 0 saturated carbocycles. The summed E-state index contributed by atoms with van der Waals surface area (Å²) in [7, 11) is 0. The smallest absolute Gasteiger partial charge is 0.376 e. The lowest BCUT2D eigenvalue weighted by Gasteiger charge is -2.36. The van der Waals surface area contributed by atoms with E-state index < -0.39 is 24.0 Å². The minimum Gasteiger partial charge on any atom is -0.376 e. The molecule has 16 heavy (non-hydrogen) atoms. The number of aliphatic hydroxyl groups is 1. The zero-order valence-corrected chi connectivity index (χ0v) is 8.31. The number of benzene rings is 1.